The Morgan fingerprint density at radius 3 is 2.53 bits per heavy atom. The molecule has 1 saturated carbocycles. The van der Waals surface area contributed by atoms with Crippen molar-refractivity contribution in [3.8, 4) is 5.69 Å². The Bertz CT molecular complexity index is 1030. The Kier molecular flexibility index (Phi) is 5.45. The maximum absolute atomic E-state index is 12.6. The van der Waals surface area contributed by atoms with Crippen molar-refractivity contribution >= 4 is 29.0 Å². The zero-order chi connectivity index (χ0) is 20.3. The molecule has 1 amide bonds. The summed E-state index contributed by atoms with van der Waals surface area (Å²) in [7, 11) is 0. The number of amides is 1. The van der Waals surface area contributed by atoms with E-state index in [0.29, 0.717) is 11.1 Å². The number of para-hydroxylation sites is 3. The molecule has 2 heterocycles. The number of anilines is 2. The number of nitrogens with one attached hydrogen (secondary N) is 1. The maximum Gasteiger partial charge on any atom is 0.234 e. The Labute approximate surface area is 180 Å². The van der Waals surface area contributed by atoms with E-state index in [1.54, 1.807) is 0 Å². The highest BCUT2D eigenvalue weighted by Gasteiger charge is 2.30. The lowest BCUT2D eigenvalue weighted by Crippen LogP contribution is -2.21. The molecule has 0 unspecified atom stereocenters. The molecule has 1 aliphatic carbocycles. The van der Waals surface area contributed by atoms with Crippen molar-refractivity contribution in [2.75, 3.05) is 29.1 Å². The van der Waals surface area contributed by atoms with Crippen molar-refractivity contribution in [1.82, 2.24) is 14.8 Å². The van der Waals surface area contributed by atoms with E-state index >= 15 is 0 Å². The summed E-state index contributed by atoms with van der Waals surface area (Å²) >= 11 is 1.39. The molecular weight excluding hydrogens is 394 g/mol. The van der Waals surface area contributed by atoms with Crippen molar-refractivity contribution in [2.24, 2.45) is 0 Å². The minimum atomic E-state index is -0.0318. The molecule has 1 N–H and O–H groups in total. The smallest absolute Gasteiger partial charge is 0.234 e. The van der Waals surface area contributed by atoms with Crippen molar-refractivity contribution in [3.05, 3.63) is 60.4 Å². The summed E-state index contributed by atoms with van der Waals surface area (Å²) in [5, 5.41) is 8.42. The van der Waals surface area contributed by atoms with Gasteiger partial charge in [0.25, 0.3) is 0 Å². The van der Waals surface area contributed by atoms with Gasteiger partial charge < -0.3 is 10.2 Å². The average molecular weight is 420 g/mol. The second-order valence-electron chi connectivity index (χ2n) is 7.82. The first-order chi connectivity index (χ1) is 14.8. The Hall–Kier alpha value is -2.80. The predicted molar refractivity (Wildman–Crippen MR) is 121 cm³/mol. The van der Waals surface area contributed by atoms with Crippen molar-refractivity contribution < 1.29 is 4.79 Å². The molecule has 1 saturated heterocycles. The highest BCUT2D eigenvalue weighted by Crippen LogP contribution is 2.40. The van der Waals surface area contributed by atoms with Crippen molar-refractivity contribution in [2.45, 2.75) is 36.8 Å². The summed E-state index contributed by atoms with van der Waals surface area (Å²) in [5.41, 5.74) is 3.00. The fourth-order valence-electron chi connectivity index (χ4n) is 3.86. The first-order valence-electron chi connectivity index (χ1n) is 10.6. The molecule has 1 aliphatic heterocycles. The number of hydrogen-bond acceptors (Lipinski definition) is 5. The SMILES string of the molecule is O=C(CSc1nc(C2CC2)n(-c2ccccc2)n1)Nc1ccccc1N1CCCC1. The molecule has 2 fully saturated rings. The summed E-state index contributed by atoms with van der Waals surface area (Å²) < 4.78 is 1.93. The van der Waals surface area contributed by atoms with Crippen LogP contribution in [-0.2, 0) is 4.79 Å². The third-order valence-corrected chi connectivity index (χ3v) is 6.35. The van der Waals surface area contributed by atoms with Gasteiger partial charge in [-0.3, -0.25) is 4.79 Å². The molecule has 30 heavy (non-hydrogen) atoms. The third kappa shape index (κ3) is 4.21. The lowest BCUT2D eigenvalue weighted by atomic mass is 10.2. The summed E-state index contributed by atoms with van der Waals surface area (Å²) in [6.45, 7) is 2.10. The quantitative estimate of drug-likeness (QED) is 0.572. The number of nitrogens with zero attached hydrogens (tertiary/aromatic N) is 4. The molecule has 2 aliphatic rings. The van der Waals surface area contributed by atoms with Crippen molar-refractivity contribution in [3.63, 3.8) is 0 Å². The fraction of sp³-hybridized carbons (Fsp3) is 0.348. The Morgan fingerprint density at radius 1 is 1.03 bits per heavy atom. The zero-order valence-electron chi connectivity index (χ0n) is 16.8. The number of rotatable bonds is 7. The van der Waals surface area contributed by atoms with E-state index in [0.717, 1.165) is 48.8 Å². The van der Waals surface area contributed by atoms with Crippen LogP contribution in [0.3, 0.4) is 0 Å². The van der Waals surface area contributed by atoms with E-state index in [4.69, 9.17) is 4.98 Å². The molecule has 7 heteroatoms. The van der Waals surface area contributed by atoms with Gasteiger partial charge in [-0.2, -0.15) is 0 Å². The van der Waals surface area contributed by atoms with E-state index in [-0.39, 0.29) is 11.7 Å². The van der Waals surface area contributed by atoms with Gasteiger partial charge >= 0.3 is 0 Å². The van der Waals surface area contributed by atoms with Gasteiger partial charge in [-0.15, -0.1) is 5.10 Å². The summed E-state index contributed by atoms with van der Waals surface area (Å²) in [5.74, 6) is 1.74. The molecule has 0 radical (unpaired) electrons. The Balaban J connectivity index is 1.26. The molecule has 154 valence electrons. The third-order valence-electron chi connectivity index (χ3n) is 5.51. The molecule has 5 rings (SSSR count). The normalized spacial score (nSPS) is 16.1. The largest absolute Gasteiger partial charge is 0.370 e. The Morgan fingerprint density at radius 2 is 1.77 bits per heavy atom. The summed E-state index contributed by atoms with van der Waals surface area (Å²) in [4.78, 5) is 19.7. The molecule has 3 aromatic rings. The van der Waals surface area contributed by atoms with E-state index in [1.165, 1.54) is 24.6 Å². The van der Waals surface area contributed by atoms with Gasteiger partial charge in [-0.05, 0) is 49.9 Å². The van der Waals surface area contributed by atoms with Crippen LogP contribution in [0.15, 0.2) is 59.8 Å². The number of benzene rings is 2. The average Bonchev–Trinajstić information content (AvgIpc) is 3.31. The van der Waals surface area contributed by atoms with Crippen molar-refractivity contribution in [1.29, 1.82) is 0 Å². The number of aromatic nitrogens is 3. The van der Waals surface area contributed by atoms with Crippen LogP contribution in [0.2, 0.25) is 0 Å². The number of hydrogen-bond donors (Lipinski definition) is 1. The van der Waals surface area contributed by atoms with Gasteiger partial charge in [0.2, 0.25) is 11.1 Å². The second kappa shape index (κ2) is 8.52. The lowest BCUT2D eigenvalue weighted by molar-refractivity contribution is -0.113. The molecule has 0 bridgehead atoms. The van der Waals surface area contributed by atoms with Crippen LogP contribution in [0.4, 0.5) is 11.4 Å². The van der Waals surface area contributed by atoms with Crippen LogP contribution in [0, 0.1) is 0 Å². The fourth-order valence-corrected chi connectivity index (χ4v) is 4.49. The molecule has 0 atom stereocenters. The van der Waals surface area contributed by atoms with Gasteiger partial charge in [-0.25, -0.2) is 9.67 Å². The highest BCUT2D eigenvalue weighted by atomic mass is 32.2. The topological polar surface area (TPSA) is 63.1 Å². The summed E-state index contributed by atoms with van der Waals surface area (Å²) in [6.07, 6.45) is 4.72. The van der Waals surface area contributed by atoms with E-state index in [2.05, 4.69) is 21.4 Å². The van der Waals surface area contributed by atoms with E-state index < -0.39 is 0 Å². The van der Waals surface area contributed by atoms with Gasteiger partial charge in [-0.1, -0.05) is 42.1 Å². The van der Waals surface area contributed by atoms with Crippen LogP contribution >= 0.6 is 11.8 Å². The minimum absolute atomic E-state index is 0.0318. The first-order valence-corrected chi connectivity index (χ1v) is 11.6. The molecule has 1 aromatic heterocycles. The van der Waals surface area contributed by atoms with Gasteiger partial charge in [0.15, 0.2) is 0 Å². The van der Waals surface area contributed by atoms with Crippen LogP contribution in [0.1, 0.15) is 37.4 Å². The zero-order valence-corrected chi connectivity index (χ0v) is 17.6. The second-order valence-corrected chi connectivity index (χ2v) is 8.76. The van der Waals surface area contributed by atoms with Gasteiger partial charge in [0.05, 0.1) is 22.8 Å². The molecular formula is C23H25N5OS. The van der Waals surface area contributed by atoms with E-state index in [1.807, 2.05) is 53.2 Å². The minimum Gasteiger partial charge on any atom is -0.370 e. The van der Waals surface area contributed by atoms with Gasteiger partial charge in [0.1, 0.15) is 5.82 Å². The number of carbonyl (C=O) groups excluding carboxylic acids is 1. The summed E-state index contributed by atoms with van der Waals surface area (Å²) in [6, 6.07) is 18.1. The first kappa shape index (κ1) is 19.2. The predicted octanol–water partition coefficient (Wildman–Crippen LogP) is 4.48. The van der Waals surface area contributed by atoms with E-state index in [9.17, 15) is 4.79 Å². The number of carbonyl (C=O) groups is 1. The van der Waals surface area contributed by atoms with Crippen LogP contribution in [0.25, 0.3) is 5.69 Å². The van der Waals surface area contributed by atoms with Crippen LogP contribution < -0.4 is 10.2 Å². The highest BCUT2D eigenvalue weighted by molar-refractivity contribution is 7.99. The van der Waals surface area contributed by atoms with Gasteiger partial charge in [0, 0.05) is 19.0 Å². The molecule has 2 aromatic carbocycles. The lowest BCUT2D eigenvalue weighted by Gasteiger charge is -2.21. The molecule has 0 spiro atoms. The number of thioether (sulfide) groups is 1. The van der Waals surface area contributed by atoms with Crippen LogP contribution in [0.5, 0.6) is 0 Å². The monoisotopic (exact) mass is 419 g/mol. The molecule has 6 nitrogen and oxygen atoms in total. The van der Waals surface area contributed by atoms with Crippen LogP contribution in [-0.4, -0.2) is 39.5 Å². The maximum atomic E-state index is 12.6. The standard InChI is InChI=1S/C23H25N5OS/c29-21(24-19-10-4-5-11-20(19)27-14-6-7-15-27)16-30-23-25-22(17-12-13-17)28(26-23)18-8-2-1-3-9-18/h1-5,8-11,17H,6-7,12-16H2,(H,24,29).